The molecule has 2 saturated heterocycles. The SMILES string of the molecule is c1cnc2nc(NC3CCN4CCCC4C3)ccc2n1. The zero-order valence-electron chi connectivity index (χ0n) is 11.5. The van der Waals surface area contributed by atoms with Gasteiger partial charge in [-0.05, 0) is 44.4 Å². The summed E-state index contributed by atoms with van der Waals surface area (Å²) in [7, 11) is 0. The van der Waals surface area contributed by atoms with Gasteiger partial charge in [0.15, 0.2) is 5.65 Å². The van der Waals surface area contributed by atoms with Crippen LogP contribution >= 0.6 is 0 Å². The van der Waals surface area contributed by atoms with E-state index in [0.717, 1.165) is 23.0 Å². The summed E-state index contributed by atoms with van der Waals surface area (Å²) in [5, 5.41) is 3.58. The highest BCUT2D eigenvalue weighted by molar-refractivity contribution is 5.71. The Morgan fingerprint density at radius 1 is 1.10 bits per heavy atom. The van der Waals surface area contributed by atoms with E-state index >= 15 is 0 Å². The Balaban J connectivity index is 1.49. The number of rotatable bonds is 2. The van der Waals surface area contributed by atoms with Gasteiger partial charge < -0.3 is 10.2 Å². The van der Waals surface area contributed by atoms with Crippen LogP contribution in [-0.4, -0.2) is 45.0 Å². The van der Waals surface area contributed by atoms with Crippen LogP contribution in [0.2, 0.25) is 0 Å². The van der Waals surface area contributed by atoms with Crippen LogP contribution in [0.25, 0.3) is 11.2 Å². The van der Waals surface area contributed by atoms with E-state index in [4.69, 9.17) is 0 Å². The molecule has 20 heavy (non-hydrogen) atoms. The van der Waals surface area contributed by atoms with Crippen molar-refractivity contribution < 1.29 is 0 Å². The van der Waals surface area contributed by atoms with Gasteiger partial charge >= 0.3 is 0 Å². The van der Waals surface area contributed by atoms with Gasteiger partial charge in [-0.3, -0.25) is 4.98 Å². The molecule has 104 valence electrons. The third-order valence-electron chi connectivity index (χ3n) is 4.50. The highest BCUT2D eigenvalue weighted by atomic mass is 15.2. The Kier molecular flexibility index (Phi) is 2.99. The molecule has 0 saturated carbocycles. The van der Waals surface area contributed by atoms with E-state index < -0.39 is 0 Å². The van der Waals surface area contributed by atoms with Crippen LogP contribution in [0.4, 0.5) is 5.82 Å². The average Bonchev–Trinajstić information content (AvgIpc) is 2.95. The van der Waals surface area contributed by atoms with Crippen LogP contribution in [0.5, 0.6) is 0 Å². The molecule has 2 aliphatic rings. The number of hydrogen-bond donors (Lipinski definition) is 1. The number of anilines is 1. The van der Waals surface area contributed by atoms with Crippen LogP contribution in [0.1, 0.15) is 25.7 Å². The zero-order valence-corrected chi connectivity index (χ0v) is 11.5. The number of fused-ring (bicyclic) bond motifs is 2. The molecule has 5 nitrogen and oxygen atoms in total. The summed E-state index contributed by atoms with van der Waals surface area (Å²) in [6.07, 6.45) is 8.55. The molecule has 0 spiro atoms. The average molecular weight is 269 g/mol. The molecule has 5 heteroatoms. The van der Waals surface area contributed by atoms with E-state index in [0.29, 0.717) is 6.04 Å². The van der Waals surface area contributed by atoms with E-state index in [-0.39, 0.29) is 0 Å². The molecule has 0 radical (unpaired) electrons. The largest absolute Gasteiger partial charge is 0.367 e. The number of aromatic nitrogens is 3. The van der Waals surface area contributed by atoms with Gasteiger partial charge in [0, 0.05) is 31.0 Å². The van der Waals surface area contributed by atoms with Crippen molar-refractivity contribution in [3.8, 4) is 0 Å². The van der Waals surface area contributed by atoms with E-state index in [2.05, 4.69) is 25.2 Å². The van der Waals surface area contributed by atoms with Crippen LogP contribution in [0.15, 0.2) is 24.5 Å². The second kappa shape index (κ2) is 4.98. The van der Waals surface area contributed by atoms with Crippen molar-refractivity contribution in [2.24, 2.45) is 0 Å². The van der Waals surface area contributed by atoms with Gasteiger partial charge in [0.2, 0.25) is 0 Å². The first-order chi connectivity index (χ1) is 9.88. The number of piperidine rings is 1. The van der Waals surface area contributed by atoms with Crippen molar-refractivity contribution in [3.05, 3.63) is 24.5 Å². The fraction of sp³-hybridized carbons (Fsp3) is 0.533. The standard InChI is InChI=1S/C15H19N5/c1-2-12-10-11(5-9-20(12)8-1)18-14-4-3-13-15(19-14)17-7-6-16-13/h3-4,6-7,11-12H,1-2,5,8-10H2,(H,17,18,19). The van der Waals surface area contributed by atoms with Crippen LogP contribution in [-0.2, 0) is 0 Å². The lowest BCUT2D eigenvalue weighted by Gasteiger charge is -2.35. The molecule has 0 bridgehead atoms. The molecular formula is C15H19N5. The first kappa shape index (κ1) is 12.0. The molecule has 2 aromatic heterocycles. The maximum absolute atomic E-state index is 4.56. The highest BCUT2D eigenvalue weighted by Crippen LogP contribution is 2.28. The van der Waals surface area contributed by atoms with Gasteiger partial charge in [-0.25, -0.2) is 9.97 Å². The highest BCUT2D eigenvalue weighted by Gasteiger charge is 2.31. The Morgan fingerprint density at radius 2 is 2.05 bits per heavy atom. The summed E-state index contributed by atoms with van der Waals surface area (Å²) in [4.78, 5) is 15.7. The topological polar surface area (TPSA) is 53.9 Å². The van der Waals surface area contributed by atoms with Gasteiger partial charge in [-0.1, -0.05) is 0 Å². The van der Waals surface area contributed by atoms with E-state index in [1.54, 1.807) is 12.4 Å². The normalized spacial score (nSPS) is 26.6. The van der Waals surface area contributed by atoms with E-state index in [1.165, 1.54) is 38.8 Å². The van der Waals surface area contributed by atoms with Crippen molar-refractivity contribution in [2.75, 3.05) is 18.4 Å². The van der Waals surface area contributed by atoms with Crippen molar-refractivity contribution in [1.82, 2.24) is 19.9 Å². The summed E-state index contributed by atoms with van der Waals surface area (Å²) < 4.78 is 0. The van der Waals surface area contributed by atoms with Gasteiger partial charge in [0.25, 0.3) is 0 Å². The van der Waals surface area contributed by atoms with Crippen molar-refractivity contribution >= 4 is 17.0 Å². The Hall–Kier alpha value is -1.75. The second-order valence-electron chi connectivity index (χ2n) is 5.79. The minimum absolute atomic E-state index is 0.538. The van der Waals surface area contributed by atoms with Crippen molar-refractivity contribution in [2.45, 2.75) is 37.8 Å². The number of pyridine rings is 1. The van der Waals surface area contributed by atoms with E-state index in [1.807, 2.05) is 12.1 Å². The van der Waals surface area contributed by atoms with Crippen LogP contribution in [0, 0.1) is 0 Å². The molecule has 2 fully saturated rings. The Labute approximate surface area is 118 Å². The number of nitrogens with one attached hydrogen (secondary N) is 1. The predicted molar refractivity (Wildman–Crippen MR) is 78.6 cm³/mol. The molecule has 1 N–H and O–H groups in total. The Morgan fingerprint density at radius 3 is 3.05 bits per heavy atom. The molecular weight excluding hydrogens is 250 g/mol. The minimum Gasteiger partial charge on any atom is -0.367 e. The number of hydrogen-bond acceptors (Lipinski definition) is 5. The van der Waals surface area contributed by atoms with Crippen molar-refractivity contribution in [1.29, 1.82) is 0 Å². The van der Waals surface area contributed by atoms with Gasteiger partial charge in [0.1, 0.15) is 11.3 Å². The summed E-state index contributed by atoms with van der Waals surface area (Å²) >= 11 is 0. The molecule has 2 aliphatic heterocycles. The van der Waals surface area contributed by atoms with Gasteiger partial charge in [-0.15, -0.1) is 0 Å². The zero-order chi connectivity index (χ0) is 13.4. The molecule has 0 amide bonds. The third kappa shape index (κ3) is 2.22. The van der Waals surface area contributed by atoms with Gasteiger partial charge in [-0.2, -0.15) is 0 Å². The first-order valence-electron chi connectivity index (χ1n) is 7.47. The summed E-state index contributed by atoms with van der Waals surface area (Å²) in [6.45, 7) is 2.51. The molecule has 2 aromatic rings. The summed E-state index contributed by atoms with van der Waals surface area (Å²) in [5.74, 6) is 0.925. The lowest BCUT2D eigenvalue weighted by molar-refractivity contribution is 0.188. The molecule has 0 aliphatic carbocycles. The lowest BCUT2D eigenvalue weighted by Crippen LogP contribution is -2.42. The fourth-order valence-electron chi connectivity index (χ4n) is 3.50. The van der Waals surface area contributed by atoms with E-state index in [9.17, 15) is 0 Å². The molecule has 0 aromatic carbocycles. The Bertz CT molecular complexity index is 614. The second-order valence-corrected chi connectivity index (χ2v) is 5.79. The summed E-state index contributed by atoms with van der Waals surface area (Å²) in [6, 6.07) is 5.32. The predicted octanol–water partition coefficient (Wildman–Crippen LogP) is 2.06. The minimum atomic E-state index is 0.538. The lowest BCUT2D eigenvalue weighted by atomic mass is 9.97. The van der Waals surface area contributed by atoms with Crippen molar-refractivity contribution in [3.63, 3.8) is 0 Å². The quantitative estimate of drug-likeness (QED) is 0.904. The molecule has 2 atom stereocenters. The molecule has 2 unspecified atom stereocenters. The van der Waals surface area contributed by atoms with Crippen LogP contribution in [0.3, 0.4) is 0 Å². The number of nitrogens with zero attached hydrogens (tertiary/aromatic N) is 4. The molecule has 4 heterocycles. The monoisotopic (exact) mass is 269 g/mol. The maximum atomic E-state index is 4.56. The fourth-order valence-corrected chi connectivity index (χ4v) is 3.50. The smallest absolute Gasteiger partial charge is 0.180 e. The maximum Gasteiger partial charge on any atom is 0.180 e. The molecule has 4 rings (SSSR count). The third-order valence-corrected chi connectivity index (χ3v) is 4.50. The first-order valence-corrected chi connectivity index (χ1v) is 7.47. The van der Waals surface area contributed by atoms with Crippen LogP contribution < -0.4 is 5.32 Å². The van der Waals surface area contributed by atoms with Gasteiger partial charge in [0.05, 0.1) is 0 Å². The summed E-state index contributed by atoms with van der Waals surface area (Å²) in [5.41, 5.74) is 1.57.